The molecule has 0 aliphatic carbocycles. The van der Waals surface area contributed by atoms with Gasteiger partial charge in [-0.15, -0.1) is 0 Å². The highest BCUT2D eigenvalue weighted by Gasteiger charge is 2.25. The van der Waals surface area contributed by atoms with E-state index >= 15 is 0 Å². The van der Waals surface area contributed by atoms with Gasteiger partial charge in [-0.05, 0) is 50.3 Å². The van der Waals surface area contributed by atoms with Crippen molar-refractivity contribution >= 4 is 5.91 Å². The van der Waals surface area contributed by atoms with Crippen molar-refractivity contribution in [1.82, 2.24) is 25.7 Å². The quantitative estimate of drug-likeness (QED) is 0.758. The fourth-order valence-electron chi connectivity index (χ4n) is 4.13. The largest absolute Gasteiger partial charge is 0.354 e. The monoisotopic (exact) mass is 383 g/mol. The van der Waals surface area contributed by atoms with Gasteiger partial charge >= 0.3 is 0 Å². The smallest absolute Gasteiger partial charge is 0.240 e. The Morgan fingerprint density at radius 3 is 2.96 bits per heavy atom. The Morgan fingerprint density at radius 1 is 1.25 bits per heavy atom. The lowest BCUT2D eigenvalue weighted by atomic mass is 9.98. The average Bonchev–Trinajstić information content (AvgIpc) is 3.40. The molecule has 0 spiro atoms. The highest BCUT2D eigenvalue weighted by atomic mass is 16.5. The minimum atomic E-state index is 0.00104. The Hall–Kier alpha value is -2.25. The van der Waals surface area contributed by atoms with Gasteiger partial charge in [-0.25, -0.2) is 0 Å². The minimum Gasteiger partial charge on any atom is -0.354 e. The Bertz CT molecular complexity index is 757. The number of likely N-dealkylation sites (tertiary alicyclic amines) is 1. The highest BCUT2D eigenvalue weighted by molar-refractivity contribution is 5.81. The molecule has 1 amide bonds. The van der Waals surface area contributed by atoms with Crippen molar-refractivity contribution in [1.29, 1.82) is 0 Å². The molecule has 2 N–H and O–H groups in total. The molecule has 2 unspecified atom stereocenters. The molecule has 0 saturated carbocycles. The summed E-state index contributed by atoms with van der Waals surface area (Å²) in [5.74, 6) is 2.03. The molecule has 1 aromatic carbocycles. The van der Waals surface area contributed by atoms with Crippen LogP contribution in [-0.2, 0) is 17.8 Å². The molecule has 2 saturated heterocycles. The van der Waals surface area contributed by atoms with Gasteiger partial charge in [-0.3, -0.25) is 9.69 Å². The summed E-state index contributed by atoms with van der Waals surface area (Å²) in [6.07, 6.45) is 5.01. The first kappa shape index (κ1) is 19.1. The summed E-state index contributed by atoms with van der Waals surface area (Å²) in [5, 5.41) is 10.5. The molecule has 0 bridgehead atoms. The van der Waals surface area contributed by atoms with Crippen molar-refractivity contribution < 1.29 is 9.32 Å². The van der Waals surface area contributed by atoms with Crippen molar-refractivity contribution in [3.05, 3.63) is 47.6 Å². The fourth-order valence-corrected chi connectivity index (χ4v) is 4.13. The summed E-state index contributed by atoms with van der Waals surface area (Å²) >= 11 is 0. The summed E-state index contributed by atoms with van der Waals surface area (Å²) in [7, 11) is 0. The number of nitrogens with zero attached hydrogens (tertiary/aromatic N) is 3. The van der Waals surface area contributed by atoms with E-state index in [1.807, 2.05) is 18.2 Å². The maximum absolute atomic E-state index is 12.2. The summed E-state index contributed by atoms with van der Waals surface area (Å²) < 4.78 is 5.46. The zero-order valence-corrected chi connectivity index (χ0v) is 16.3. The van der Waals surface area contributed by atoms with Crippen molar-refractivity contribution in [2.45, 2.75) is 44.7 Å². The molecule has 2 aromatic rings. The van der Waals surface area contributed by atoms with Gasteiger partial charge in [0.15, 0.2) is 5.82 Å². The number of aromatic nitrogens is 2. The minimum absolute atomic E-state index is 0.00104. The molecule has 28 heavy (non-hydrogen) atoms. The first-order valence-corrected chi connectivity index (χ1v) is 10.3. The number of piperidine rings is 1. The number of carbonyl (C=O) groups excluding carboxylic acids is 1. The number of hydrogen-bond acceptors (Lipinski definition) is 6. The van der Waals surface area contributed by atoms with E-state index in [2.05, 4.69) is 37.8 Å². The fraction of sp³-hybridized carbons (Fsp3) is 0.571. The summed E-state index contributed by atoms with van der Waals surface area (Å²) in [5.41, 5.74) is 1.18. The molecule has 2 aliphatic rings. The Morgan fingerprint density at radius 2 is 2.14 bits per heavy atom. The molecule has 7 nitrogen and oxygen atoms in total. The third kappa shape index (κ3) is 5.17. The maximum atomic E-state index is 12.2. The van der Waals surface area contributed by atoms with Gasteiger partial charge in [0.2, 0.25) is 11.8 Å². The summed E-state index contributed by atoms with van der Waals surface area (Å²) in [6.45, 7) is 4.36. The van der Waals surface area contributed by atoms with Crippen LogP contribution >= 0.6 is 0 Å². The standard InChI is InChI=1S/C21H29N5O2/c27-21(18-9-4-10-22-18)23-13-17-8-5-11-26(14-17)15-20-24-19(25-28-20)12-16-6-2-1-3-7-16/h1-3,6-7,17-18,22H,4-5,8-15H2,(H,23,27). The number of nitrogens with one attached hydrogen (secondary N) is 2. The van der Waals surface area contributed by atoms with Gasteiger partial charge in [-0.1, -0.05) is 35.5 Å². The van der Waals surface area contributed by atoms with E-state index in [4.69, 9.17) is 4.52 Å². The van der Waals surface area contributed by atoms with Crippen molar-refractivity contribution in [2.75, 3.05) is 26.2 Å². The van der Waals surface area contributed by atoms with E-state index in [1.54, 1.807) is 0 Å². The second-order valence-electron chi connectivity index (χ2n) is 7.90. The Kier molecular flexibility index (Phi) is 6.34. The lowest BCUT2D eigenvalue weighted by molar-refractivity contribution is -0.123. The first-order valence-electron chi connectivity index (χ1n) is 10.3. The second kappa shape index (κ2) is 9.30. The average molecular weight is 383 g/mol. The van der Waals surface area contributed by atoms with E-state index in [0.29, 0.717) is 24.8 Å². The molecule has 2 atom stereocenters. The van der Waals surface area contributed by atoms with Crippen LogP contribution in [0.15, 0.2) is 34.9 Å². The van der Waals surface area contributed by atoms with E-state index in [1.165, 1.54) is 5.56 Å². The normalized spacial score (nSPS) is 23.0. The molecular weight excluding hydrogens is 354 g/mol. The number of rotatable bonds is 7. The molecule has 2 aliphatic heterocycles. The zero-order chi connectivity index (χ0) is 19.2. The van der Waals surface area contributed by atoms with Crippen LogP contribution < -0.4 is 10.6 Å². The summed E-state index contributed by atoms with van der Waals surface area (Å²) in [4.78, 5) is 19.1. The third-order valence-corrected chi connectivity index (χ3v) is 5.62. The van der Waals surface area contributed by atoms with Gasteiger partial charge in [-0.2, -0.15) is 4.98 Å². The molecule has 3 heterocycles. The van der Waals surface area contributed by atoms with Crippen LogP contribution in [0.5, 0.6) is 0 Å². The topological polar surface area (TPSA) is 83.3 Å². The molecular formula is C21H29N5O2. The predicted octanol–water partition coefficient (Wildman–Crippen LogP) is 1.74. The maximum Gasteiger partial charge on any atom is 0.240 e. The van der Waals surface area contributed by atoms with Crippen LogP contribution in [0.3, 0.4) is 0 Å². The van der Waals surface area contributed by atoms with E-state index < -0.39 is 0 Å². The molecule has 2 fully saturated rings. The van der Waals surface area contributed by atoms with Crippen LogP contribution in [0.1, 0.15) is 43.0 Å². The van der Waals surface area contributed by atoms with Crippen LogP contribution in [0.25, 0.3) is 0 Å². The van der Waals surface area contributed by atoms with Gasteiger partial charge in [0.25, 0.3) is 0 Å². The molecule has 4 rings (SSSR count). The molecule has 0 radical (unpaired) electrons. The number of carbonyl (C=O) groups is 1. The molecule has 7 heteroatoms. The van der Waals surface area contributed by atoms with Crippen molar-refractivity contribution in [2.24, 2.45) is 5.92 Å². The SMILES string of the molecule is O=C(NCC1CCCN(Cc2nc(Cc3ccccc3)no2)C1)C1CCCN1. The second-order valence-corrected chi connectivity index (χ2v) is 7.90. The van der Waals surface area contributed by atoms with Gasteiger partial charge in [0.1, 0.15) is 0 Å². The van der Waals surface area contributed by atoms with Crippen LogP contribution in [-0.4, -0.2) is 53.2 Å². The Labute approximate surface area is 165 Å². The first-order chi connectivity index (χ1) is 13.8. The van der Waals surface area contributed by atoms with Crippen molar-refractivity contribution in [3.8, 4) is 0 Å². The van der Waals surface area contributed by atoms with Crippen LogP contribution in [0, 0.1) is 5.92 Å². The van der Waals surface area contributed by atoms with Gasteiger partial charge < -0.3 is 15.2 Å². The Balaban J connectivity index is 1.24. The lowest BCUT2D eigenvalue weighted by Crippen LogP contribution is -2.45. The lowest BCUT2D eigenvalue weighted by Gasteiger charge is -2.32. The molecule has 150 valence electrons. The van der Waals surface area contributed by atoms with Gasteiger partial charge in [0, 0.05) is 19.5 Å². The van der Waals surface area contributed by atoms with Crippen LogP contribution in [0.2, 0.25) is 0 Å². The van der Waals surface area contributed by atoms with E-state index in [0.717, 1.165) is 57.7 Å². The van der Waals surface area contributed by atoms with Crippen LogP contribution in [0.4, 0.5) is 0 Å². The highest BCUT2D eigenvalue weighted by Crippen LogP contribution is 2.18. The third-order valence-electron chi connectivity index (χ3n) is 5.62. The predicted molar refractivity (Wildman–Crippen MR) is 106 cm³/mol. The zero-order valence-electron chi connectivity index (χ0n) is 16.3. The number of amides is 1. The van der Waals surface area contributed by atoms with E-state index in [-0.39, 0.29) is 11.9 Å². The van der Waals surface area contributed by atoms with Crippen molar-refractivity contribution in [3.63, 3.8) is 0 Å². The summed E-state index contributed by atoms with van der Waals surface area (Å²) in [6, 6.07) is 10.2. The molecule has 1 aromatic heterocycles. The number of hydrogen-bond donors (Lipinski definition) is 2. The van der Waals surface area contributed by atoms with E-state index in [9.17, 15) is 4.79 Å². The number of benzene rings is 1. The van der Waals surface area contributed by atoms with Gasteiger partial charge in [0.05, 0.1) is 12.6 Å².